The summed E-state index contributed by atoms with van der Waals surface area (Å²) in [6.45, 7) is 3.78. The Balaban J connectivity index is 2.79. The average Bonchev–Trinajstić information content (AvgIpc) is 2.30. The Labute approximate surface area is 109 Å². The number of rotatable bonds is 4. The lowest BCUT2D eigenvalue weighted by molar-refractivity contribution is 0.0915. The number of hydrogen-bond acceptors (Lipinski definition) is 3. The second-order valence-electron chi connectivity index (χ2n) is 4.16. The molecular formula is C12H17BrN2O2. The van der Waals surface area contributed by atoms with Gasteiger partial charge < -0.3 is 16.2 Å². The molecular weight excluding hydrogens is 284 g/mol. The Hall–Kier alpha value is -1.07. The number of carbonyl (C=O) groups excluding carboxylic acids is 1. The molecule has 4 N–H and O–H groups in total. The molecule has 0 aliphatic heterocycles. The topological polar surface area (TPSA) is 75.3 Å². The van der Waals surface area contributed by atoms with Crippen LogP contribution in [0.4, 0.5) is 5.69 Å². The Morgan fingerprint density at radius 3 is 2.76 bits per heavy atom. The van der Waals surface area contributed by atoms with Crippen molar-refractivity contribution < 1.29 is 9.90 Å². The monoisotopic (exact) mass is 300 g/mol. The number of nitrogens with one attached hydrogen (secondary N) is 1. The zero-order valence-corrected chi connectivity index (χ0v) is 11.5. The van der Waals surface area contributed by atoms with Gasteiger partial charge in [0.1, 0.15) is 0 Å². The fraction of sp³-hybridized carbons (Fsp3) is 0.417. The number of nitrogens with two attached hydrogens (primary N) is 1. The van der Waals surface area contributed by atoms with E-state index >= 15 is 0 Å². The molecule has 0 spiro atoms. The van der Waals surface area contributed by atoms with Crippen molar-refractivity contribution in [2.45, 2.75) is 19.9 Å². The molecule has 2 atom stereocenters. The van der Waals surface area contributed by atoms with Crippen molar-refractivity contribution in [2.75, 3.05) is 12.3 Å². The van der Waals surface area contributed by atoms with Crippen LogP contribution < -0.4 is 11.1 Å². The smallest absolute Gasteiger partial charge is 0.252 e. The van der Waals surface area contributed by atoms with Crippen molar-refractivity contribution in [1.29, 1.82) is 0 Å². The molecule has 94 valence electrons. The molecule has 17 heavy (non-hydrogen) atoms. The van der Waals surface area contributed by atoms with Gasteiger partial charge in [-0.15, -0.1) is 0 Å². The number of carbonyl (C=O) groups is 1. The highest BCUT2D eigenvalue weighted by atomic mass is 79.9. The molecule has 0 aliphatic rings. The van der Waals surface area contributed by atoms with Gasteiger partial charge in [-0.25, -0.2) is 0 Å². The maximum absolute atomic E-state index is 12.0. The van der Waals surface area contributed by atoms with Gasteiger partial charge in [-0.2, -0.15) is 0 Å². The lowest BCUT2D eigenvalue weighted by Gasteiger charge is -2.19. The SMILES string of the molecule is CC(CO)C(C)NC(=O)c1cc(N)ccc1Br. The molecule has 0 fully saturated rings. The van der Waals surface area contributed by atoms with E-state index in [2.05, 4.69) is 21.2 Å². The lowest BCUT2D eigenvalue weighted by atomic mass is 10.0. The first kappa shape index (κ1) is 14.0. The minimum Gasteiger partial charge on any atom is -0.399 e. The molecule has 0 saturated heterocycles. The predicted octanol–water partition coefficient (Wildman–Crippen LogP) is 1.78. The van der Waals surface area contributed by atoms with E-state index in [0.29, 0.717) is 15.7 Å². The summed E-state index contributed by atoms with van der Waals surface area (Å²) in [6, 6.07) is 4.99. The minimum absolute atomic E-state index is 0.0128. The summed E-state index contributed by atoms with van der Waals surface area (Å²) in [5.41, 5.74) is 6.69. The number of aliphatic hydroxyl groups is 1. The predicted molar refractivity (Wildman–Crippen MR) is 71.7 cm³/mol. The summed E-state index contributed by atoms with van der Waals surface area (Å²) in [7, 11) is 0. The lowest BCUT2D eigenvalue weighted by Crippen LogP contribution is -2.38. The summed E-state index contributed by atoms with van der Waals surface area (Å²) in [5.74, 6) is -0.184. The fourth-order valence-corrected chi connectivity index (χ4v) is 1.73. The van der Waals surface area contributed by atoms with E-state index in [1.54, 1.807) is 18.2 Å². The third-order valence-corrected chi connectivity index (χ3v) is 3.43. The zero-order chi connectivity index (χ0) is 13.0. The van der Waals surface area contributed by atoms with E-state index in [-0.39, 0.29) is 24.5 Å². The van der Waals surface area contributed by atoms with Gasteiger partial charge in [-0.05, 0) is 47.0 Å². The van der Waals surface area contributed by atoms with Gasteiger partial charge >= 0.3 is 0 Å². The van der Waals surface area contributed by atoms with Gasteiger partial charge in [0.15, 0.2) is 0 Å². The summed E-state index contributed by atoms with van der Waals surface area (Å²) in [5, 5.41) is 11.8. The highest BCUT2D eigenvalue weighted by molar-refractivity contribution is 9.10. The maximum atomic E-state index is 12.0. The molecule has 1 amide bonds. The highest BCUT2D eigenvalue weighted by Crippen LogP contribution is 2.19. The molecule has 1 aromatic rings. The van der Waals surface area contributed by atoms with Gasteiger partial charge in [0.05, 0.1) is 5.56 Å². The Bertz CT molecular complexity index is 409. The third kappa shape index (κ3) is 3.71. The second kappa shape index (κ2) is 6.02. The second-order valence-corrected chi connectivity index (χ2v) is 5.02. The van der Waals surface area contributed by atoms with Crippen molar-refractivity contribution in [3.63, 3.8) is 0 Å². The molecule has 0 heterocycles. The Morgan fingerprint density at radius 1 is 1.53 bits per heavy atom. The van der Waals surface area contributed by atoms with Crippen LogP contribution in [0.3, 0.4) is 0 Å². The van der Waals surface area contributed by atoms with Gasteiger partial charge in [-0.1, -0.05) is 6.92 Å². The standard InChI is InChI=1S/C12H17BrN2O2/c1-7(6-16)8(2)15-12(17)10-5-9(14)3-4-11(10)13/h3-5,7-8,16H,6,14H2,1-2H3,(H,15,17). The van der Waals surface area contributed by atoms with Crippen LogP contribution in [0.2, 0.25) is 0 Å². The molecule has 0 aromatic heterocycles. The average molecular weight is 301 g/mol. The van der Waals surface area contributed by atoms with E-state index in [4.69, 9.17) is 10.8 Å². The third-order valence-electron chi connectivity index (χ3n) is 2.74. The van der Waals surface area contributed by atoms with E-state index in [1.165, 1.54) is 0 Å². The first-order valence-electron chi connectivity index (χ1n) is 5.42. The number of benzene rings is 1. The van der Waals surface area contributed by atoms with Gasteiger partial charge in [0, 0.05) is 22.8 Å². The molecule has 0 saturated carbocycles. The van der Waals surface area contributed by atoms with Crippen LogP contribution in [0, 0.1) is 5.92 Å². The van der Waals surface area contributed by atoms with Crippen LogP contribution in [0.25, 0.3) is 0 Å². The van der Waals surface area contributed by atoms with Crippen molar-refractivity contribution in [1.82, 2.24) is 5.32 Å². The van der Waals surface area contributed by atoms with Crippen LogP contribution in [0.5, 0.6) is 0 Å². The summed E-state index contributed by atoms with van der Waals surface area (Å²) in [4.78, 5) is 12.0. The number of aliphatic hydroxyl groups excluding tert-OH is 1. The van der Waals surface area contributed by atoms with Crippen LogP contribution in [0.1, 0.15) is 24.2 Å². The summed E-state index contributed by atoms with van der Waals surface area (Å²) < 4.78 is 0.702. The first-order valence-corrected chi connectivity index (χ1v) is 6.21. The van der Waals surface area contributed by atoms with Gasteiger partial charge in [0.25, 0.3) is 5.91 Å². The molecule has 5 heteroatoms. The molecule has 1 aromatic carbocycles. The molecule has 0 aliphatic carbocycles. The normalized spacial score (nSPS) is 14.1. The maximum Gasteiger partial charge on any atom is 0.252 e. The van der Waals surface area contributed by atoms with Crippen molar-refractivity contribution in [3.8, 4) is 0 Å². The fourth-order valence-electron chi connectivity index (χ4n) is 1.30. The molecule has 0 radical (unpaired) electrons. The van der Waals surface area contributed by atoms with Crippen LogP contribution in [-0.2, 0) is 0 Å². The minimum atomic E-state index is -0.197. The molecule has 2 unspecified atom stereocenters. The number of anilines is 1. The summed E-state index contributed by atoms with van der Waals surface area (Å²) in [6.07, 6.45) is 0. The van der Waals surface area contributed by atoms with Crippen LogP contribution >= 0.6 is 15.9 Å². The van der Waals surface area contributed by atoms with E-state index < -0.39 is 0 Å². The van der Waals surface area contributed by atoms with E-state index in [0.717, 1.165) is 0 Å². The Morgan fingerprint density at radius 2 is 2.18 bits per heavy atom. The largest absolute Gasteiger partial charge is 0.399 e. The number of nitrogen functional groups attached to an aromatic ring is 1. The van der Waals surface area contributed by atoms with Crippen LogP contribution in [-0.4, -0.2) is 23.7 Å². The summed E-state index contributed by atoms with van der Waals surface area (Å²) >= 11 is 3.31. The zero-order valence-electron chi connectivity index (χ0n) is 9.90. The van der Waals surface area contributed by atoms with Gasteiger partial charge in [-0.3, -0.25) is 4.79 Å². The molecule has 1 rings (SSSR count). The Kier molecular flexibility index (Phi) is 4.96. The number of halogens is 1. The van der Waals surface area contributed by atoms with Crippen LogP contribution in [0.15, 0.2) is 22.7 Å². The quantitative estimate of drug-likeness (QED) is 0.742. The number of amides is 1. The molecule has 0 bridgehead atoms. The van der Waals surface area contributed by atoms with Crippen molar-refractivity contribution >= 4 is 27.5 Å². The molecule has 4 nitrogen and oxygen atoms in total. The van der Waals surface area contributed by atoms with Crippen molar-refractivity contribution in [2.24, 2.45) is 5.92 Å². The van der Waals surface area contributed by atoms with E-state index in [9.17, 15) is 4.79 Å². The van der Waals surface area contributed by atoms with Gasteiger partial charge in [0.2, 0.25) is 0 Å². The highest BCUT2D eigenvalue weighted by Gasteiger charge is 2.16. The number of hydrogen-bond donors (Lipinski definition) is 3. The van der Waals surface area contributed by atoms with Crippen molar-refractivity contribution in [3.05, 3.63) is 28.2 Å². The first-order chi connectivity index (χ1) is 7.95. The van der Waals surface area contributed by atoms with E-state index in [1.807, 2.05) is 13.8 Å².